The van der Waals surface area contributed by atoms with Crippen molar-refractivity contribution < 1.29 is 9.72 Å². The molecular formula is C29H21N3O3S. The Morgan fingerprint density at radius 1 is 0.778 bits per heavy atom. The molecule has 0 unspecified atom stereocenters. The Morgan fingerprint density at radius 2 is 1.36 bits per heavy atom. The van der Waals surface area contributed by atoms with Crippen molar-refractivity contribution in [2.24, 2.45) is 0 Å². The molecule has 0 spiro atoms. The third-order valence-electron chi connectivity index (χ3n) is 5.77. The number of nitrogens with zero attached hydrogens (tertiary/aromatic N) is 2. The van der Waals surface area contributed by atoms with Crippen molar-refractivity contribution in [3.8, 4) is 32.8 Å². The summed E-state index contributed by atoms with van der Waals surface area (Å²) in [5.41, 5.74) is 6.20. The molecule has 176 valence electrons. The fraction of sp³-hybridized carbons (Fsp3) is 0.0345. The minimum absolute atomic E-state index is 0.0185. The van der Waals surface area contributed by atoms with E-state index < -0.39 is 4.92 Å². The fourth-order valence-corrected chi connectivity index (χ4v) is 4.81. The molecule has 0 saturated heterocycles. The molecule has 6 nitrogen and oxygen atoms in total. The van der Waals surface area contributed by atoms with Crippen molar-refractivity contribution in [2.75, 3.05) is 5.32 Å². The van der Waals surface area contributed by atoms with Gasteiger partial charge in [0.15, 0.2) is 5.13 Å². The first-order chi connectivity index (χ1) is 17.5. The van der Waals surface area contributed by atoms with E-state index in [0.717, 1.165) is 32.7 Å². The highest BCUT2D eigenvalue weighted by Crippen LogP contribution is 2.40. The van der Waals surface area contributed by atoms with Gasteiger partial charge in [0, 0.05) is 23.3 Å². The van der Waals surface area contributed by atoms with Crippen molar-refractivity contribution in [3.05, 3.63) is 124 Å². The van der Waals surface area contributed by atoms with Gasteiger partial charge in [0.1, 0.15) is 0 Å². The van der Waals surface area contributed by atoms with Crippen LogP contribution in [0.3, 0.4) is 0 Å². The van der Waals surface area contributed by atoms with Crippen LogP contribution in [0.4, 0.5) is 10.8 Å². The van der Waals surface area contributed by atoms with Crippen LogP contribution < -0.4 is 5.32 Å². The van der Waals surface area contributed by atoms with Gasteiger partial charge in [-0.1, -0.05) is 83.6 Å². The summed E-state index contributed by atoms with van der Waals surface area (Å²) in [4.78, 5) is 29.1. The highest BCUT2D eigenvalue weighted by Gasteiger charge is 2.18. The number of aromatic nitrogens is 1. The number of anilines is 1. The number of carbonyl (C=O) groups is 1. The van der Waals surface area contributed by atoms with Crippen LogP contribution in [0, 0.1) is 17.0 Å². The third kappa shape index (κ3) is 4.92. The van der Waals surface area contributed by atoms with Crippen LogP contribution in [0.1, 0.15) is 15.9 Å². The second-order valence-corrected chi connectivity index (χ2v) is 9.26. The van der Waals surface area contributed by atoms with Crippen LogP contribution in [0.5, 0.6) is 0 Å². The van der Waals surface area contributed by atoms with Crippen molar-refractivity contribution in [2.45, 2.75) is 6.92 Å². The van der Waals surface area contributed by atoms with Gasteiger partial charge in [-0.2, -0.15) is 0 Å². The molecule has 0 aliphatic rings. The normalized spacial score (nSPS) is 10.7. The molecule has 1 N–H and O–H groups in total. The lowest BCUT2D eigenvalue weighted by Crippen LogP contribution is -2.11. The summed E-state index contributed by atoms with van der Waals surface area (Å²) in [7, 11) is 0. The predicted octanol–water partition coefficient (Wildman–Crippen LogP) is 7.61. The molecule has 0 radical (unpaired) electrons. The standard InChI is InChI=1S/C29H21N3O3S/c1-19-7-9-24(10-8-19)28(33)31-29-30-26(27(36-29)23-15-17-25(18-16-23)32(34)35)22-13-11-21(12-14-22)20-5-3-2-4-6-20/h2-18H,1H3,(H,30,31,33). The second kappa shape index (κ2) is 9.93. The summed E-state index contributed by atoms with van der Waals surface area (Å²) in [6.07, 6.45) is 0. The van der Waals surface area contributed by atoms with Gasteiger partial charge < -0.3 is 0 Å². The Kier molecular flexibility index (Phi) is 6.38. The topological polar surface area (TPSA) is 85.1 Å². The molecule has 0 aliphatic heterocycles. The molecule has 1 heterocycles. The molecule has 1 aromatic heterocycles. The van der Waals surface area contributed by atoms with E-state index in [0.29, 0.717) is 16.4 Å². The summed E-state index contributed by atoms with van der Waals surface area (Å²) >= 11 is 1.34. The molecule has 7 heteroatoms. The molecule has 0 aliphatic carbocycles. The van der Waals surface area contributed by atoms with Gasteiger partial charge in [-0.05, 0) is 47.9 Å². The fourth-order valence-electron chi connectivity index (χ4n) is 3.82. The maximum atomic E-state index is 12.8. The number of benzene rings is 4. The lowest BCUT2D eigenvalue weighted by Gasteiger charge is -2.05. The van der Waals surface area contributed by atoms with Crippen molar-refractivity contribution in [1.29, 1.82) is 0 Å². The average molecular weight is 492 g/mol. The molecule has 0 fully saturated rings. The number of aryl methyl sites for hydroxylation is 1. The van der Waals surface area contributed by atoms with E-state index >= 15 is 0 Å². The van der Waals surface area contributed by atoms with Crippen LogP contribution in [0.25, 0.3) is 32.8 Å². The number of nitro groups is 1. The number of nitro benzene ring substituents is 1. The summed E-state index contributed by atoms with van der Waals surface area (Å²) < 4.78 is 0. The number of hydrogen-bond acceptors (Lipinski definition) is 5. The first kappa shape index (κ1) is 23.1. The number of carbonyl (C=O) groups excluding carboxylic acids is 1. The van der Waals surface area contributed by atoms with Gasteiger partial charge in [-0.3, -0.25) is 20.2 Å². The number of hydrogen-bond donors (Lipinski definition) is 1. The zero-order valence-corrected chi connectivity index (χ0v) is 20.2. The molecule has 1 amide bonds. The zero-order chi connectivity index (χ0) is 25.1. The number of nitrogens with one attached hydrogen (secondary N) is 1. The van der Waals surface area contributed by atoms with Crippen LogP contribution >= 0.6 is 11.3 Å². The lowest BCUT2D eigenvalue weighted by atomic mass is 10.0. The number of thiazole rings is 1. The van der Waals surface area contributed by atoms with Crippen molar-refractivity contribution >= 4 is 28.1 Å². The molecule has 4 aromatic carbocycles. The summed E-state index contributed by atoms with van der Waals surface area (Å²) in [5.74, 6) is -0.245. The Morgan fingerprint density at radius 3 is 2.00 bits per heavy atom. The lowest BCUT2D eigenvalue weighted by molar-refractivity contribution is -0.384. The minimum atomic E-state index is -0.424. The van der Waals surface area contributed by atoms with Crippen LogP contribution in [-0.2, 0) is 0 Å². The first-order valence-corrected chi connectivity index (χ1v) is 12.1. The van der Waals surface area contributed by atoms with Crippen LogP contribution in [0.2, 0.25) is 0 Å². The van der Waals surface area contributed by atoms with E-state index in [1.54, 1.807) is 24.3 Å². The van der Waals surface area contributed by atoms with E-state index in [1.807, 2.05) is 61.5 Å². The predicted molar refractivity (Wildman–Crippen MR) is 144 cm³/mol. The Balaban J connectivity index is 1.52. The van der Waals surface area contributed by atoms with Gasteiger partial charge in [0.2, 0.25) is 0 Å². The average Bonchev–Trinajstić information content (AvgIpc) is 3.33. The van der Waals surface area contributed by atoms with E-state index in [4.69, 9.17) is 4.98 Å². The maximum Gasteiger partial charge on any atom is 0.269 e. The van der Waals surface area contributed by atoms with Crippen LogP contribution in [-0.4, -0.2) is 15.8 Å². The first-order valence-electron chi connectivity index (χ1n) is 11.3. The van der Waals surface area contributed by atoms with Crippen LogP contribution in [0.15, 0.2) is 103 Å². The molecule has 5 rings (SSSR count). The highest BCUT2D eigenvalue weighted by molar-refractivity contribution is 7.19. The van der Waals surface area contributed by atoms with Crippen molar-refractivity contribution in [1.82, 2.24) is 4.98 Å². The minimum Gasteiger partial charge on any atom is -0.298 e. The van der Waals surface area contributed by atoms with Gasteiger partial charge >= 0.3 is 0 Å². The molecule has 5 aromatic rings. The van der Waals surface area contributed by atoms with Gasteiger partial charge in [-0.15, -0.1) is 0 Å². The Labute approximate surface area is 212 Å². The van der Waals surface area contributed by atoms with Gasteiger partial charge in [0.25, 0.3) is 11.6 Å². The number of non-ortho nitro benzene ring substituents is 1. The Hall–Kier alpha value is -4.62. The van der Waals surface area contributed by atoms with Crippen molar-refractivity contribution in [3.63, 3.8) is 0 Å². The van der Waals surface area contributed by atoms with Gasteiger partial charge in [0.05, 0.1) is 15.5 Å². The zero-order valence-electron chi connectivity index (χ0n) is 19.3. The SMILES string of the molecule is Cc1ccc(C(=O)Nc2nc(-c3ccc(-c4ccccc4)cc3)c(-c3ccc([N+](=O)[O-])cc3)s2)cc1. The molecule has 0 saturated carbocycles. The number of amides is 1. The largest absolute Gasteiger partial charge is 0.298 e. The second-order valence-electron chi connectivity index (χ2n) is 8.26. The van der Waals surface area contributed by atoms with E-state index in [1.165, 1.54) is 23.5 Å². The monoisotopic (exact) mass is 491 g/mol. The quantitative estimate of drug-likeness (QED) is 0.196. The smallest absolute Gasteiger partial charge is 0.269 e. The molecule has 0 atom stereocenters. The maximum absolute atomic E-state index is 12.8. The van der Waals surface area contributed by atoms with E-state index in [9.17, 15) is 14.9 Å². The molecule has 36 heavy (non-hydrogen) atoms. The highest BCUT2D eigenvalue weighted by atomic mass is 32.1. The van der Waals surface area contributed by atoms with Gasteiger partial charge in [-0.25, -0.2) is 4.98 Å². The van der Waals surface area contributed by atoms with E-state index in [-0.39, 0.29) is 11.6 Å². The summed E-state index contributed by atoms with van der Waals surface area (Å²) in [5, 5.41) is 14.5. The summed E-state index contributed by atoms with van der Waals surface area (Å²) in [6.45, 7) is 1.97. The van der Waals surface area contributed by atoms with E-state index in [2.05, 4.69) is 17.4 Å². The molecule has 0 bridgehead atoms. The molecular weight excluding hydrogens is 470 g/mol. The number of rotatable bonds is 6. The summed E-state index contributed by atoms with van der Waals surface area (Å²) in [6, 6.07) is 31.8. The third-order valence-corrected chi connectivity index (χ3v) is 6.79. The Bertz CT molecular complexity index is 1530.